The lowest BCUT2D eigenvalue weighted by molar-refractivity contribution is -0.157. The van der Waals surface area contributed by atoms with Crippen LogP contribution in [0.2, 0.25) is 0 Å². The van der Waals surface area contributed by atoms with Gasteiger partial charge in [0.1, 0.15) is 11.4 Å². The lowest BCUT2D eigenvalue weighted by atomic mass is 9.99. The number of ether oxygens (including phenoxy) is 2. The summed E-state index contributed by atoms with van der Waals surface area (Å²) in [6.07, 6.45) is 1.08. The zero-order chi connectivity index (χ0) is 14.5. The highest BCUT2D eigenvalue weighted by Crippen LogP contribution is 2.22. The minimum absolute atomic E-state index is 0.0543. The lowest BCUT2D eigenvalue weighted by Gasteiger charge is -2.19. The van der Waals surface area contributed by atoms with E-state index in [1.165, 1.54) is 5.56 Å². The topological polar surface area (TPSA) is 35.5 Å². The molecule has 0 aliphatic carbocycles. The van der Waals surface area contributed by atoms with Crippen LogP contribution in [-0.4, -0.2) is 18.2 Å². The third kappa shape index (κ3) is 5.77. The molecule has 1 atom stereocenters. The van der Waals surface area contributed by atoms with Crippen LogP contribution in [0.5, 0.6) is 5.75 Å². The van der Waals surface area contributed by atoms with Gasteiger partial charge in [-0.25, -0.2) is 4.79 Å². The summed E-state index contributed by atoms with van der Waals surface area (Å²) in [4.78, 5) is 11.6. The molecule has 0 saturated carbocycles. The molecule has 0 heterocycles. The summed E-state index contributed by atoms with van der Waals surface area (Å²) in [5.74, 6) is 0.857. The van der Waals surface area contributed by atoms with E-state index < -0.39 is 5.60 Å². The van der Waals surface area contributed by atoms with Gasteiger partial charge in [0.15, 0.2) is 6.61 Å². The highest BCUT2D eigenvalue weighted by atomic mass is 16.6. The van der Waals surface area contributed by atoms with Crippen molar-refractivity contribution in [3.63, 3.8) is 0 Å². The summed E-state index contributed by atoms with van der Waals surface area (Å²) in [6, 6.07) is 7.87. The lowest BCUT2D eigenvalue weighted by Crippen LogP contribution is -2.27. The minimum Gasteiger partial charge on any atom is -0.482 e. The van der Waals surface area contributed by atoms with Gasteiger partial charge in [-0.1, -0.05) is 26.0 Å². The molecule has 0 aliphatic rings. The van der Waals surface area contributed by atoms with E-state index in [2.05, 4.69) is 19.9 Å². The normalized spacial score (nSPS) is 12.9. The predicted octanol–water partition coefficient (Wildman–Crippen LogP) is 3.92. The fourth-order valence-electron chi connectivity index (χ4n) is 1.66. The third-order valence-corrected chi connectivity index (χ3v) is 2.82. The van der Waals surface area contributed by atoms with E-state index in [9.17, 15) is 4.79 Å². The van der Waals surface area contributed by atoms with E-state index in [0.29, 0.717) is 11.7 Å². The maximum atomic E-state index is 11.6. The van der Waals surface area contributed by atoms with Gasteiger partial charge in [-0.05, 0) is 50.8 Å². The first-order valence-electron chi connectivity index (χ1n) is 6.76. The van der Waals surface area contributed by atoms with Gasteiger partial charge in [0.2, 0.25) is 0 Å². The Morgan fingerprint density at radius 2 is 2.00 bits per heavy atom. The van der Waals surface area contributed by atoms with Crippen LogP contribution >= 0.6 is 0 Å². The average molecular weight is 264 g/mol. The Hall–Kier alpha value is -1.51. The quantitative estimate of drug-likeness (QED) is 0.756. The van der Waals surface area contributed by atoms with Gasteiger partial charge in [0, 0.05) is 0 Å². The van der Waals surface area contributed by atoms with Crippen LogP contribution in [0.3, 0.4) is 0 Å². The molecule has 3 heteroatoms. The second-order valence-corrected chi connectivity index (χ2v) is 5.76. The monoisotopic (exact) mass is 264 g/mol. The largest absolute Gasteiger partial charge is 0.482 e. The SMILES string of the molecule is CCC(C)c1cccc(OCC(=O)OC(C)(C)C)c1. The first kappa shape index (κ1) is 15.5. The van der Waals surface area contributed by atoms with E-state index in [0.717, 1.165) is 6.42 Å². The van der Waals surface area contributed by atoms with Crippen molar-refractivity contribution in [2.75, 3.05) is 6.61 Å². The molecular formula is C16H24O3. The Morgan fingerprint density at radius 3 is 2.58 bits per heavy atom. The van der Waals surface area contributed by atoms with Gasteiger partial charge in [-0.2, -0.15) is 0 Å². The van der Waals surface area contributed by atoms with Gasteiger partial charge >= 0.3 is 5.97 Å². The molecule has 0 saturated heterocycles. The van der Waals surface area contributed by atoms with Gasteiger partial charge in [-0.3, -0.25) is 0 Å². The maximum Gasteiger partial charge on any atom is 0.344 e. The molecule has 1 aromatic carbocycles. The van der Waals surface area contributed by atoms with Crippen molar-refractivity contribution >= 4 is 5.97 Å². The molecular weight excluding hydrogens is 240 g/mol. The molecule has 0 aliphatic heterocycles. The molecule has 0 N–H and O–H groups in total. The summed E-state index contributed by atoms with van der Waals surface area (Å²) in [6.45, 7) is 9.80. The number of rotatable bonds is 5. The molecule has 19 heavy (non-hydrogen) atoms. The first-order chi connectivity index (χ1) is 8.81. The third-order valence-electron chi connectivity index (χ3n) is 2.82. The number of benzene rings is 1. The van der Waals surface area contributed by atoms with E-state index in [4.69, 9.17) is 9.47 Å². The Morgan fingerprint density at radius 1 is 1.32 bits per heavy atom. The molecule has 1 unspecified atom stereocenters. The Balaban J connectivity index is 2.56. The van der Waals surface area contributed by atoms with Crippen molar-refractivity contribution in [2.45, 2.75) is 52.6 Å². The zero-order valence-electron chi connectivity index (χ0n) is 12.5. The van der Waals surface area contributed by atoms with E-state index in [1.54, 1.807) is 0 Å². The van der Waals surface area contributed by atoms with Crippen molar-refractivity contribution in [3.8, 4) is 5.75 Å². The van der Waals surface area contributed by atoms with Gasteiger partial charge in [0.25, 0.3) is 0 Å². The summed E-state index contributed by atoms with van der Waals surface area (Å²) in [5.41, 5.74) is 0.753. The maximum absolute atomic E-state index is 11.6. The van der Waals surface area contributed by atoms with Crippen molar-refractivity contribution in [2.24, 2.45) is 0 Å². The molecule has 1 aromatic rings. The van der Waals surface area contributed by atoms with Crippen LogP contribution in [-0.2, 0) is 9.53 Å². The number of carbonyl (C=O) groups is 1. The summed E-state index contributed by atoms with van der Waals surface area (Å²) in [5, 5.41) is 0. The Labute approximate surface area is 115 Å². The van der Waals surface area contributed by atoms with Gasteiger partial charge in [0.05, 0.1) is 0 Å². The molecule has 0 spiro atoms. The molecule has 0 aromatic heterocycles. The highest BCUT2D eigenvalue weighted by molar-refractivity contribution is 5.71. The molecule has 0 bridgehead atoms. The van der Waals surface area contributed by atoms with Gasteiger partial charge in [-0.15, -0.1) is 0 Å². The highest BCUT2D eigenvalue weighted by Gasteiger charge is 2.16. The fourth-order valence-corrected chi connectivity index (χ4v) is 1.66. The zero-order valence-corrected chi connectivity index (χ0v) is 12.5. The summed E-state index contributed by atoms with van der Waals surface area (Å²) < 4.78 is 10.7. The molecule has 0 radical (unpaired) electrons. The number of hydrogen-bond acceptors (Lipinski definition) is 3. The van der Waals surface area contributed by atoms with Crippen molar-refractivity contribution in [3.05, 3.63) is 29.8 Å². The van der Waals surface area contributed by atoms with Crippen LogP contribution in [0.15, 0.2) is 24.3 Å². The minimum atomic E-state index is -0.473. The van der Waals surface area contributed by atoms with Gasteiger partial charge < -0.3 is 9.47 Å². The molecule has 3 nitrogen and oxygen atoms in total. The average Bonchev–Trinajstić information content (AvgIpc) is 2.34. The van der Waals surface area contributed by atoms with Crippen LogP contribution in [0.25, 0.3) is 0 Å². The smallest absolute Gasteiger partial charge is 0.344 e. The summed E-state index contributed by atoms with van der Waals surface area (Å²) >= 11 is 0. The number of hydrogen-bond donors (Lipinski definition) is 0. The number of carbonyl (C=O) groups excluding carboxylic acids is 1. The Kier molecular flexibility index (Phi) is 5.40. The second-order valence-electron chi connectivity index (χ2n) is 5.76. The van der Waals surface area contributed by atoms with E-state index in [1.807, 2.05) is 39.0 Å². The van der Waals surface area contributed by atoms with Crippen LogP contribution < -0.4 is 4.74 Å². The van der Waals surface area contributed by atoms with Crippen LogP contribution in [0, 0.1) is 0 Å². The van der Waals surface area contributed by atoms with Crippen molar-refractivity contribution in [1.29, 1.82) is 0 Å². The molecule has 1 rings (SSSR count). The van der Waals surface area contributed by atoms with Crippen LogP contribution in [0.1, 0.15) is 52.5 Å². The summed E-state index contributed by atoms with van der Waals surface area (Å²) in [7, 11) is 0. The molecule has 106 valence electrons. The van der Waals surface area contributed by atoms with E-state index >= 15 is 0 Å². The standard InChI is InChI=1S/C16H24O3/c1-6-12(2)13-8-7-9-14(10-13)18-11-15(17)19-16(3,4)5/h7-10,12H,6,11H2,1-5H3. The number of esters is 1. The van der Waals surface area contributed by atoms with Crippen molar-refractivity contribution < 1.29 is 14.3 Å². The Bertz CT molecular complexity index is 418. The second kappa shape index (κ2) is 6.60. The first-order valence-corrected chi connectivity index (χ1v) is 6.76. The predicted molar refractivity (Wildman–Crippen MR) is 76.5 cm³/mol. The van der Waals surface area contributed by atoms with Crippen molar-refractivity contribution in [1.82, 2.24) is 0 Å². The van der Waals surface area contributed by atoms with E-state index in [-0.39, 0.29) is 12.6 Å². The van der Waals surface area contributed by atoms with Crippen LogP contribution in [0.4, 0.5) is 0 Å². The molecule has 0 fully saturated rings. The fraction of sp³-hybridized carbons (Fsp3) is 0.562. The molecule has 0 amide bonds.